The molecule has 7 N–H and O–H groups in total. The maximum absolute atomic E-state index is 12.5. The lowest BCUT2D eigenvalue weighted by atomic mass is 10.0. The van der Waals surface area contributed by atoms with E-state index >= 15 is 0 Å². The Bertz CT molecular complexity index is 1500. The number of hydrogen-bond donors (Lipinski definition) is 7. The van der Waals surface area contributed by atoms with E-state index in [9.17, 15) is 40.2 Å². The van der Waals surface area contributed by atoms with E-state index in [1.807, 2.05) is 0 Å². The van der Waals surface area contributed by atoms with Crippen LogP contribution >= 0.6 is 0 Å². The summed E-state index contributed by atoms with van der Waals surface area (Å²) in [6.45, 7) is 0. The number of fused-ring (bicyclic) bond motifs is 1. The predicted octanol–water partition coefficient (Wildman–Crippen LogP) is 3.45. The Balaban J connectivity index is 1.56. The number of phenols is 5. The molecule has 0 bridgehead atoms. The Morgan fingerprint density at radius 2 is 1.50 bits per heavy atom. The van der Waals surface area contributed by atoms with Crippen molar-refractivity contribution in [3.05, 3.63) is 71.8 Å². The van der Waals surface area contributed by atoms with Crippen molar-refractivity contribution in [2.45, 2.75) is 12.5 Å². The highest BCUT2D eigenvalue weighted by Crippen LogP contribution is 2.37. The Labute approximate surface area is 203 Å². The maximum atomic E-state index is 12.5. The van der Waals surface area contributed by atoms with Crippen molar-refractivity contribution in [3.8, 4) is 40.1 Å². The number of phenolic OH excluding ortho intramolecular Hbond substituents is 5. The van der Waals surface area contributed by atoms with Crippen LogP contribution in [0.4, 0.5) is 0 Å². The number of benzene rings is 3. The molecule has 10 nitrogen and oxygen atoms in total. The molecule has 36 heavy (non-hydrogen) atoms. The second-order valence-corrected chi connectivity index (χ2v) is 7.99. The highest BCUT2D eigenvalue weighted by Gasteiger charge is 2.20. The van der Waals surface area contributed by atoms with E-state index < -0.39 is 23.7 Å². The zero-order valence-electron chi connectivity index (χ0n) is 18.5. The van der Waals surface area contributed by atoms with E-state index in [1.165, 1.54) is 48.5 Å². The second kappa shape index (κ2) is 9.63. The van der Waals surface area contributed by atoms with Gasteiger partial charge in [-0.1, -0.05) is 12.1 Å². The molecular weight excluding hydrogens is 470 g/mol. The van der Waals surface area contributed by atoms with Crippen LogP contribution in [-0.4, -0.2) is 48.6 Å². The fourth-order valence-electron chi connectivity index (χ4n) is 3.61. The molecule has 1 amide bonds. The summed E-state index contributed by atoms with van der Waals surface area (Å²) >= 11 is 0. The van der Waals surface area contributed by atoms with Crippen LogP contribution in [0.3, 0.4) is 0 Å². The lowest BCUT2D eigenvalue weighted by molar-refractivity contribution is -0.141. The first-order valence-electron chi connectivity index (χ1n) is 10.6. The largest absolute Gasteiger partial charge is 0.504 e. The van der Waals surface area contributed by atoms with Crippen LogP contribution in [0, 0.1) is 0 Å². The summed E-state index contributed by atoms with van der Waals surface area (Å²) < 4.78 is 5.71. The van der Waals surface area contributed by atoms with Gasteiger partial charge in [-0.15, -0.1) is 0 Å². The zero-order valence-corrected chi connectivity index (χ0v) is 18.5. The molecule has 184 valence electrons. The molecule has 1 atom stereocenters. The second-order valence-electron chi connectivity index (χ2n) is 7.99. The van der Waals surface area contributed by atoms with Crippen molar-refractivity contribution in [1.82, 2.24) is 5.32 Å². The van der Waals surface area contributed by atoms with Gasteiger partial charge in [0.2, 0.25) is 5.91 Å². The number of hydrogen-bond acceptors (Lipinski definition) is 8. The van der Waals surface area contributed by atoms with Crippen LogP contribution in [0.15, 0.2) is 65.1 Å². The van der Waals surface area contributed by atoms with Gasteiger partial charge in [-0.2, -0.15) is 0 Å². The first-order valence-corrected chi connectivity index (χ1v) is 10.6. The fourth-order valence-corrected chi connectivity index (χ4v) is 3.61. The molecule has 0 aliphatic rings. The third-order valence-corrected chi connectivity index (χ3v) is 5.46. The minimum absolute atomic E-state index is 0.128. The van der Waals surface area contributed by atoms with Gasteiger partial charge in [0.05, 0.1) is 0 Å². The van der Waals surface area contributed by atoms with Gasteiger partial charge in [-0.05, 0) is 59.7 Å². The molecule has 0 unspecified atom stereocenters. The van der Waals surface area contributed by atoms with Crippen molar-refractivity contribution >= 4 is 28.9 Å². The number of carbonyl (C=O) groups excluding carboxylic acids is 1. The number of rotatable bonds is 7. The highest BCUT2D eigenvalue weighted by atomic mass is 16.4. The Morgan fingerprint density at radius 1 is 0.833 bits per heavy atom. The predicted molar refractivity (Wildman–Crippen MR) is 129 cm³/mol. The molecule has 10 heteroatoms. The van der Waals surface area contributed by atoms with Crippen LogP contribution in [0.2, 0.25) is 0 Å². The van der Waals surface area contributed by atoms with Gasteiger partial charge in [0.25, 0.3) is 0 Å². The molecular formula is C26H21NO9. The normalized spacial score (nSPS) is 12.1. The molecule has 0 spiro atoms. The van der Waals surface area contributed by atoms with E-state index in [0.717, 1.165) is 6.08 Å². The van der Waals surface area contributed by atoms with Gasteiger partial charge in [0, 0.05) is 23.4 Å². The number of carboxylic acid groups (broad SMARTS) is 1. The van der Waals surface area contributed by atoms with E-state index in [2.05, 4.69) is 5.32 Å². The molecule has 0 aliphatic heterocycles. The minimum atomic E-state index is -1.30. The molecule has 0 saturated heterocycles. The average Bonchev–Trinajstić information content (AvgIpc) is 3.29. The van der Waals surface area contributed by atoms with Gasteiger partial charge in [-0.3, -0.25) is 4.79 Å². The monoisotopic (exact) mass is 491 g/mol. The molecule has 4 rings (SSSR count). The molecule has 0 fully saturated rings. The van der Waals surface area contributed by atoms with Crippen LogP contribution in [0.25, 0.3) is 28.4 Å². The third kappa shape index (κ3) is 5.02. The van der Waals surface area contributed by atoms with Gasteiger partial charge in [0.1, 0.15) is 11.8 Å². The quantitative estimate of drug-likeness (QED) is 0.150. The van der Waals surface area contributed by atoms with Gasteiger partial charge in [-0.25, -0.2) is 4.79 Å². The van der Waals surface area contributed by atoms with Crippen LogP contribution in [0.1, 0.15) is 11.1 Å². The number of amides is 1. The summed E-state index contributed by atoms with van der Waals surface area (Å²) in [7, 11) is 0. The maximum Gasteiger partial charge on any atom is 0.326 e. The molecule has 4 aromatic rings. The van der Waals surface area contributed by atoms with E-state index in [4.69, 9.17) is 4.42 Å². The van der Waals surface area contributed by atoms with Crippen molar-refractivity contribution in [3.63, 3.8) is 0 Å². The van der Waals surface area contributed by atoms with Crippen molar-refractivity contribution in [2.75, 3.05) is 0 Å². The number of nitrogens with one attached hydrogen (secondary N) is 1. The number of carboxylic acids is 1. The van der Waals surface area contributed by atoms with Crippen molar-refractivity contribution in [2.24, 2.45) is 0 Å². The SMILES string of the molecule is O=C(/C=C/c1ccc(O)c2oc(-c3ccc(O)c(O)c3)cc12)N[C@@H](Cc1ccc(O)c(O)c1)C(=O)O. The number of carbonyl (C=O) groups is 2. The Kier molecular flexibility index (Phi) is 6.42. The highest BCUT2D eigenvalue weighted by molar-refractivity contribution is 5.99. The van der Waals surface area contributed by atoms with Gasteiger partial charge in [0.15, 0.2) is 34.3 Å². The molecule has 0 radical (unpaired) electrons. The van der Waals surface area contributed by atoms with Crippen molar-refractivity contribution in [1.29, 1.82) is 0 Å². The topological polar surface area (TPSA) is 181 Å². The van der Waals surface area contributed by atoms with Crippen LogP contribution in [-0.2, 0) is 16.0 Å². The Morgan fingerprint density at radius 3 is 2.17 bits per heavy atom. The van der Waals surface area contributed by atoms with Crippen LogP contribution < -0.4 is 5.32 Å². The summed E-state index contributed by atoms with van der Waals surface area (Å²) in [5, 5.41) is 60.8. The lowest BCUT2D eigenvalue weighted by Crippen LogP contribution is -2.41. The molecule has 0 saturated carbocycles. The van der Waals surface area contributed by atoms with Crippen molar-refractivity contribution < 1.29 is 44.6 Å². The summed E-state index contributed by atoms with van der Waals surface area (Å²) in [6, 6.07) is 11.2. The number of aliphatic carboxylic acids is 1. The minimum Gasteiger partial charge on any atom is -0.504 e. The summed E-state index contributed by atoms with van der Waals surface area (Å²) in [5.41, 5.74) is 1.47. The standard InChI is InChI=1S/C26H21NO9/c28-18-5-1-13(10-21(18)31)9-17(26(34)35)27-24(33)8-4-14-2-7-20(30)25-16(14)12-23(36-25)15-3-6-19(29)22(32)11-15/h1-8,10-12,17,28-32H,9H2,(H,27,33)(H,34,35)/b8-4+/t17-/m0/s1. The number of furan rings is 1. The number of aromatic hydroxyl groups is 5. The van der Waals surface area contributed by atoms with E-state index in [0.29, 0.717) is 27.8 Å². The molecule has 1 heterocycles. The third-order valence-electron chi connectivity index (χ3n) is 5.46. The molecule has 1 aromatic heterocycles. The fraction of sp³-hybridized carbons (Fsp3) is 0.0769. The molecule has 0 aliphatic carbocycles. The summed E-state index contributed by atoms with van der Waals surface area (Å²) in [6.07, 6.45) is 2.43. The first-order chi connectivity index (χ1) is 17.1. The van der Waals surface area contributed by atoms with Gasteiger partial charge < -0.3 is 40.4 Å². The summed E-state index contributed by atoms with van der Waals surface area (Å²) in [5.74, 6) is -3.22. The first kappa shape index (κ1) is 24.0. The smallest absolute Gasteiger partial charge is 0.326 e. The lowest BCUT2D eigenvalue weighted by Gasteiger charge is -2.13. The zero-order chi connectivity index (χ0) is 26.0. The Hall–Kier alpha value is -5.12. The average molecular weight is 491 g/mol. The molecule has 3 aromatic carbocycles. The van der Waals surface area contributed by atoms with E-state index in [1.54, 1.807) is 12.1 Å². The summed E-state index contributed by atoms with van der Waals surface area (Å²) in [4.78, 5) is 24.1. The van der Waals surface area contributed by atoms with Crippen LogP contribution in [0.5, 0.6) is 28.7 Å². The van der Waals surface area contributed by atoms with E-state index in [-0.39, 0.29) is 35.0 Å². The van der Waals surface area contributed by atoms with Gasteiger partial charge >= 0.3 is 5.97 Å².